The zero-order chi connectivity index (χ0) is 17.1. The van der Waals surface area contributed by atoms with Gasteiger partial charge >= 0.3 is 0 Å². The molecule has 0 aromatic carbocycles. The molecule has 0 spiro atoms. The molecular weight excluding hydrogens is 455 g/mol. The molecule has 2 aliphatic carbocycles. The smallest absolute Gasteiger partial charge is 0.193 e. The van der Waals surface area contributed by atoms with E-state index in [2.05, 4.69) is 15.2 Å². The van der Waals surface area contributed by atoms with E-state index >= 15 is 0 Å². The number of fused-ring (bicyclic) bond motifs is 2. The number of likely N-dealkylation sites (tertiary alicyclic amines) is 1. The van der Waals surface area contributed by atoms with Gasteiger partial charge in [-0.2, -0.15) is 0 Å². The van der Waals surface area contributed by atoms with Gasteiger partial charge in [0.25, 0.3) is 0 Å². The summed E-state index contributed by atoms with van der Waals surface area (Å²) in [6.45, 7) is 3.43. The first-order valence-corrected chi connectivity index (χ1v) is 11.1. The van der Waals surface area contributed by atoms with Gasteiger partial charge in [0.05, 0.1) is 10.7 Å². The van der Waals surface area contributed by atoms with Crippen LogP contribution in [-0.4, -0.2) is 42.5 Å². The van der Waals surface area contributed by atoms with E-state index in [1.54, 1.807) is 4.88 Å². The van der Waals surface area contributed by atoms with Gasteiger partial charge in [-0.25, -0.2) is 4.98 Å². The highest BCUT2D eigenvalue weighted by Crippen LogP contribution is 2.36. The molecule has 3 aliphatic rings. The molecule has 1 N–H and O–H groups in total. The maximum Gasteiger partial charge on any atom is 0.193 e. The molecule has 6 heteroatoms. The third-order valence-electron chi connectivity index (χ3n) is 6.23. The number of hydrogen-bond acceptors (Lipinski definition) is 3. The lowest BCUT2D eigenvalue weighted by molar-refractivity contribution is 0.299. The Morgan fingerprint density at radius 1 is 1.15 bits per heavy atom. The Bertz CT molecular complexity index is 577. The quantitative estimate of drug-likeness (QED) is 0.298. The number of aryl methyl sites for hydroxylation is 3. The van der Waals surface area contributed by atoms with Gasteiger partial charge in [0.1, 0.15) is 0 Å². The second kappa shape index (κ2) is 9.71. The molecule has 2 fully saturated rings. The minimum atomic E-state index is 0. The zero-order valence-corrected chi connectivity index (χ0v) is 19.2. The topological polar surface area (TPSA) is 40.5 Å². The lowest BCUT2D eigenvalue weighted by atomic mass is 9.82. The Morgan fingerprint density at radius 2 is 1.88 bits per heavy atom. The number of nitrogens with zero attached hydrogens (tertiary/aromatic N) is 3. The van der Waals surface area contributed by atoms with Crippen LogP contribution in [0.2, 0.25) is 0 Å². The summed E-state index contributed by atoms with van der Waals surface area (Å²) in [6.07, 6.45) is 13.1. The molecule has 1 saturated heterocycles. The molecule has 146 valence electrons. The molecular formula is C20H33IN4S. The summed E-state index contributed by atoms with van der Waals surface area (Å²) in [5, 5.41) is 4.95. The zero-order valence-electron chi connectivity index (χ0n) is 16.0. The Kier molecular flexibility index (Phi) is 7.61. The first-order valence-electron chi connectivity index (χ1n) is 10.3. The second-order valence-corrected chi connectivity index (χ2v) is 9.14. The fourth-order valence-electron chi connectivity index (χ4n) is 4.86. The van der Waals surface area contributed by atoms with E-state index in [1.807, 2.05) is 18.4 Å². The highest BCUT2D eigenvalue weighted by molar-refractivity contribution is 14.0. The van der Waals surface area contributed by atoms with Crippen molar-refractivity contribution in [2.75, 3.05) is 26.7 Å². The Hall–Kier alpha value is -0.370. The molecule has 0 amide bonds. The maximum absolute atomic E-state index is 4.86. The van der Waals surface area contributed by atoms with E-state index in [9.17, 15) is 0 Å². The van der Waals surface area contributed by atoms with Crippen LogP contribution in [0.3, 0.4) is 0 Å². The van der Waals surface area contributed by atoms with Gasteiger partial charge < -0.3 is 10.2 Å². The molecule has 1 saturated carbocycles. The minimum absolute atomic E-state index is 0. The van der Waals surface area contributed by atoms with Crippen molar-refractivity contribution in [1.82, 2.24) is 15.2 Å². The average Bonchev–Trinajstić information content (AvgIpc) is 3.25. The van der Waals surface area contributed by atoms with Gasteiger partial charge in [-0.05, 0) is 56.8 Å². The van der Waals surface area contributed by atoms with Crippen molar-refractivity contribution < 1.29 is 0 Å². The van der Waals surface area contributed by atoms with Crippen molar-refractivity contribution in [3.05, 3.63) is 15.6 Å². The van der Waals surface area contributed by atoms with Crippen molar-refractivity contribution >= 4 is 41.3 Å². The third-order valence-corrected chi connectivity index (χ3v) is 7.45. The predicted octanol–water partition coefficient (Wildman–Crippen LogP) is 4.27. The summed E-state index contributed by atoms with van der Waals surface area (Å²) < 4.78 is 0. The molecule has 0 bridgehead atoms. The fraction of sp³-hybridized carbons (Fsp3) is 0.800. The third kappa shape index (κ3) is 4.72. The number of hydrogen-bond donors (Lipinski definition) is 1. The van der Waals surface area contributed by atoms with Crippen molar-refractivity contribution in [2.24, 2.45) is 16.8 Å². The number of halogens is 1. The minimum Gasteiger partial charge on any atom is -0.356 e. The number of nitrogens with one attached hydrogen (secondary N) is 1. The summed E-state index contributed by atoms with van der Waals surface area (Å²) in [5.41, 5.74) is 1.40. The molecule has 2 heterocycles. The average molecular weight is 488 g/mol. The standard InChI is InChI=1S/C20H32N4S.HI/c1-21-20(24-13-15-7-2-3-8-16(15)14-24)22-12-6-11-19-23-17-9-4-5-10-18(17)25-19;/h15-16H,2-14H2,1H3,(H,21,22);1H. The highest BCUT2D eigenvalue weighted by atomic mass is 127. The predicted molar refractivity (Wildman–Crippen MR) is 121 cm³/mol. The highest BCUT2D eigenvalue weighted by Gasteiger charge is 2.35. The number of aromatic nitrogens is 1. The summed E-state index contributed by atoms with van der Waals surface area (Å²) in [5.74, 6) is 2.94. The van der Waals surface area contributed by atoms with Gasteiger partial charge in [-0.15, -0.1) is 35.3 Å². The number of aliphatic imine (C=N–C) groups is 1. The first-order chi connectivity index (χ1) is 12.3. The van der Waals surface area contributed by atoms with Crippen LogP contribution in [-0.2, 0) is 19.3 Å². The maximum atomic E-state index is 4.86. The van der Waals surface area contributed by atoms with Crippen molar-refractivity contribution in [2.45, 2.75) is 64.2 Å². The van der Waals surface area contributed by atoms with Crippen molar-refractivity contribution in [1.29, 1.82) is 0 Å². The molecule has 1 aliphatic heterocycles. The van der Waals surface area contributed by atoms with E-state index in [-0.39, 0.29) is 24.0 Å². The van der Waals surface area contributed by atoms with Crippen LogP contribution in [0.4, 0.5) is 0 Å². The van der Waals surface area contributed by atoms with Crippen LogP contribution in [0, 0.1) is 11.8 Å². The summed E-state index contributed by atoms with van der Waals surface area (Å²) in [7, 11) is 1.93. The van der Waals surface area contributed by atoms with Gasteiger partial charge in [0.15, 0.2) is 5.96 Å². The summed E-state index contributed by atoms with van der Waals surface area (Å²) in [4.78, 5) is 13.5. The van der Waals surface area contributed by atoms with Crippen LogP contribution in [0.1, 0.15) is 60.5 Å². The van der Waals surface area contributed by atoms with E-state index in [4.69, 9.17) is 4.98 Å². The molecule has 2 atom stereocenters. The SMILES string of the molecule is CN=C(NCCCc1nc2c(s1)CCCC2)N1CC2CCCCC2C1.I. The van der Waals surface area contributed by atoms with Gasteiger partial charge in [-0.3, -0.25) is 4.99 Å². The van der Waals surface area contributed by atoms with Gasteiger partial charge in [0.2, 0.25) is 0 Å². The number of guanidine groups is 1. The van der Waals surface area contributed by atoms with E-state index < -0.39 is 0 Å². The summed E-state index contributed by atoms with van der Waals surface area (Å²) >= 11 is 1.96. The molecule has 0 radical (unpaired) electrons. The van der Waals surface area contributed by atoms with Crippen molar-refractivity contribution in [3.63, 3.8) is 0 Å². The second-order valence-electron chi connectivity index (χ2n) is 7.97. The van der Waals surface area contributed by atoms with Crippen LogP contribution in [0.25, 0.3) is 0 Å². The van der Waals surface area contributed by atoms with Crippen LogP contribution in [0.5, 0.6) is 0 Å². The lowest BCUT2D eigenvalue weighted by Crippen LogP contribution is -2.40. The lowest BCUT2D eigenvalue weighted by Gasteiger charge is -2.22. The normalized spacial score (nSPS) is 25.4. The van der Waals surface area contributed by atoms with E-state index in [0.717, 1.165) is 37.2 Å². The molecule has 26 heavy (non-hydrogen) atoms. The molecule has 4 nitrogen and oxygen atoms in total. The molecule has 2 unspecified atom stereocenters. The first kappa shape index (κ1) is 20.4. The molecule has 1 aromatic heterocycles. The molecule has 4 rings (SSSR count). The largest absolute Gasteiger partial charge is 0.356 e. The Balaban J connectivity index is 0.00000196. The van der Waals surface area contributed by atoms with Crippen LogP contribution in [0.15, 0.2) is 4.99 Å². The van der Waals surface area contributed by atoms with Crippen molar-refractivity contribution in [3.8, 4) is 0 Å². The number of rotatable bonds is 4. The van der Waals surface area contributed by atoms with Crippen LogP contribution >= 0.6 is 35.3 Å². The summed E-state index contributed by atoms with van der Waals surface area (Å²) in [6, 6.07) is 0. The van der Waals surface area contributed by atoms with Crippen LogP contribution < -0.4 is 5.32 Å². The van der Waals surface area contributed by atoms with Gasteiger partial charge in [0, 0.05) is 38.0 Å². The molecule has 1 aromatic rings. The fourth-order valence-corrected chi connectivity index (χ4v) is 6.06. The van der Waals surface area contributed by atoms with E-state index in [0.29, 0.717) is 0 Å². The number of thiazole rings is 1. The monoisotopic (exact) mass is 488 g/mol. The van der Waals surface area contributed by atoms with E-state index in [1.165, 1.54) is 75.2 Å². The van der Waals surface area contributed by atoms with Gasteiger partial charge in [-0.1, -0.05) is 12.8 Å². The Labute approximate surface area is 179 Å². The Morgan fingerprint density at radius 3 is 2.58 bits per heavy atom.